The molecule has 0 spiro atoms. The monoisotopic (exact) mass is 345 g/mol. The Bertz CT molecular complexity index is 934. The molecule has 25 heavy (non-hydrogen) atoms. The molecule has 1 fully saturated rings. The molecular formula is C20H15N3OS. The number of nitriles is 2. The fourth-order valence-corrected chi connectivity index (χ4v) is 5.16. The number of nitrogens with zero attached hydrogens (tertiary/aromatic N) is 3. The van der Waals surface area contributed by atoms with E-state index in [0.717, 1.165) is 16.0 Å². The maximum Gasteiger partial charge on any atom is 0.178 e. The molecule has 2 aromatic rings. The van der Waals surface area contributed by atoms with Crippen LogP contribution in [0.3, 0.4) is 0 Å². The number of hydrogen-bond acceptors (Lipinski definition) is 5. The first kappa shape index (κ1) is 15.6. The normalized spacial score (nSPS) is 25.6. The van der Waals surface area contributed by atoms with Gasteiger partial charge in [-0.1, -0.05) is 30.3 Å². The topological polar surface area (TPSA) is 67.9 Å². The standard InChI is InChI=1S/C20H15N3OS/c1-13(24)18-17(16-7-4-10-25-16)20(11-21,12-22)19-15-6-3-2-5-14(15)8-9-23(18)19/h2-10,17-19H,1H3/t17-,18-,19+/m0/s1. The van der Waals surface area contributed by atoms with E-state index in [-0.39, 0.29) is 5.78 Å². The largest absolute Gasteiger partial charge is 0.357 e. The van der Waals surface area contributed by atoms with Gasteiger partial charge in [-0.3, -0.25) is 4.79 Å². The molecule has 0 aliphatic carbocycles. The van der Waals surface area contributed by atoms with Crippen molar-refractivity contribution in [1.29, 1.82) is 10.5 Å². The molecule has 0 saturated carbocycles. The Morgan fingerprint density at radius 3 is 2.60 bits per heavy atom. The molecule has 1 aromatic heterocycles. The quantitative estimate of drug-likeness (QED) is 0.829. The van der Waals surface area contributed by atoms with Crippen LogP contribution in [-0.4, -0.2) is 16.7 Å². The molecule has 2 aliphatic rings. The van der Waals surface area contributed by atoms with Crippen LogP contribution in [0, 0.1) is 28.1 Å². The number of Topliss-reactive ketones (excluding diaryl/α,β-unsaturated/α-hetero) is 1. The minimum absolute atomic E-state index is 0.0280. The SMILES string of the molecule is CC(=O)[C@H]1[C@H](c2cccs2)C(C#N)(C#N)[C@H]2c3ccccc3C=CN12. The molecule has 0 radical (unpaired) electrons. The molecule has 1 aromatic carbocycles. The molecule has 2 aliphatic heterocycles. The van der Waals surface area contributed by atoms with Crippen LogP contribution in [0.25, 0.3) is 6.08 Å². The van der Waals surface area contributed by atoms with Crippen molar-refractivity contribution in [3.8, 4) is 12.1 Å². The molecular weight excluding hydrogens is 330 g/mol. The van der Waals surface area contributed by atoms with Gasteiger partial charge in [-0.25, -0.2) is 0 Å². The lowest BCUT2D eigenvalue weighted by Gasteiger charge is -2.34. The summed E-state index contributed by atoms with van der Waals surface area (Å²) in [7, 11) is 0. The van der Waals surface area contributed by atoms with Gasteiger partial charge in [0.2, 0.25) is 0 Å². The van der Waals surface area contributed by atoms with Crippen molar-refractivity contribution in [3.05, 3.63) is 64.0 Å². The summed E-state index contributed by atoms with van der Waals surface area (Å²) in [6.07, 6.45) is 3.83. The van der Waals surface area contributed by atoms with Crippen LogP contribution in [0.5, 0.6) is 0 Å². The van der Waals surface area contributed by atoms with Gasteiger partial charge >= 0.3 is 0 Å². The summed E-state index contributed by atoms with van der Waals surface area (Å²) in [6.45, 7) is 1.54. The third-order valence-electron chi connectivity index (χ3n) is 5.21. The first-order chi connectivity index (χ1) is 12.1. The summed E-state index contributed by atoms with van der Waals surface area (Å²) in [5.74, 6) is -0.499. The molecule has 0 N–H and O–H groups in total. The zero-order valence-corrected chi connectivity index (χ0v) is 14.4. The predicted molar refractivity (Wildman–Crippen MR) is 95.2 cm³/mol. The van der Waals surface area contributed by atoms with E-state index < -0.39 is 23.4 Å². The van der Waals surface area contributed by atoms with Crippen LogP contribution in [-0.2, 0) is 4.79 Å². The Morgan fingerprint density at radius 1 is 1.20 bits per heavy atom. The van der Waals surface area contributed by atoms with E-state index in [4.69, 9.17) is 0 Å². The highest BCUT2D eigenvalue weighted by atomic mass is 32.1. The molecule has 0 amide bonds. The van der Waals surface area contributed by atoms with Crippen molar-refractivity contribution >= 4 is 23.2 Å². The van der Waals surface area contributed by atoms with Crippen LogP contribution >= 0.6 is 11.3 Å². The average Bonchev–Trinajstić information content (AvgIpc) is 3.25. The van der Waals surface area contributed by atoms with E-state index in [2.05, 4.69) is 12.1 Å². The molecule has 1 saturated heterocycles. The lowest BCUT2D eigenvalue weighted by Crippen LogP contribution is -2.36. The van der Waals surface area contributed by atoms with Gasteiger partial charge in [0, 0.05) is 11.1 Å². The lowest BCUT2D eigenvalue weighted by atomic mass is 9.70. The Hall–Kier alpha value is -2.89. The van der Waals surface area contributed by atoms with Gasteiger partial charge in [0.15, 0.2) is 11.2 Å². The second-order valence-electron chi connectivity index (χ2n) is 6.44. The number of carbonyl (C=O) groups is 1. The van der Waals surface area contributed by atoms with E-state index in [0.29, 0.717) is 0 Å². The number of benzene rings is 1. The maximum atomic E-state index is 12.5. The van der Waals surface area contributed by atoms with Crippen LogP contribution < -0.4 is 0 Å². The van der Waals surface area contributed by atoms with Crippen LogP contribution in [0.1, 0.15) is 34.9 Å². The number of ketones is 1. The average molecular weight is 345 g/mol. The smallest absolute Gasteiger partial charge is 0.178 e. The van der Waals surface area contributed by atoms with E-state index in [1.54, 1.807) is 6.92 Å². The van der Waals surface area contributed by atoms with Crippen molar-refractivity contribution < 1.29 is 4.79 Å². The van der Waals surface area contributed by atoms with Crippen LogP contribution in [0.4, 0.5) is 0 Å². The molecule has 3 heterocycles. The number of thiophene rings is 1. The first-order valence-corrected chi connectivity index (χ1v) is 8.93. The highest BCUT2D eigenvalue weighted by Gasteiger charge is 2.63. The maximum absolute atomic E-state index is 12.5. The number of rotatable bonds is 2. The second-order valence-corrected chi connectivity index (χ2v) is 7.41. The molecule has 4 nitrogen and oxygen atoms in total. The van der Waals surface area contributed by atoms with Gasteiger partial charge in [-0.05, 0) is 35.6 Å². The highest BCUT2D eigenvalue weighted by Crippen LogP contribution is 2.60. The summed E-state index contributed by atoms with van der Waals surface area (Å²) < 4.78 is 0. The fraction of sp³-hybridized carbons (Fsp3) is 0.250. The van der Waals surface area contributed by atoms with Crippen molar-refractivity contribution in [2.45, 2.75) is 24.9 Å². The third-order valence-corrected chi connectivity index (χ3v) is 6.17. The van der Waals surface area contributed by atoms with E-state index in [1.165, 1.54) is 11.3 Å². The molecule has 5 heteroatoms. The second kappa shape index (κ2) is 5.58. The van der Waals surface area contributed by atoms with E-state index in [9.17, 15) is 15.3 Å². The Labute approximate surface area is 150 Å². The number of fused-ring (bicyclic) bond motifs is 3. The first-order valence-electron chi connectivity index (χ1n) is 8.05. The van der Waals surface area contributed by atoms with Crippen molar-refractivity contribution in [2.24, 2.45) is 5.41 Å². The van der Waals surface area contributed by atoms with E-state index in [1.807, 2.05) is 59.0 Å². The van der Waals surface area contributed by atoms with Crippen LogP contribution in [0.2, 0.25) is 0 Å². The number of hydrogen-bond donors (Lipinski definition) is 0. The molecule has 3 atom stereocenters. The van der Waals surface area contributed by atoms with Crippen molar-refractivity contribution in [2.75, 3.05) is 0 Å². The Morgan fingerprint density at radius 2 is 1.96 bits per heavy atom. The zero-order chi connectivity index (χ0) is 17.6. The van der Waals surface area contributed by atoms with Gasteiger partial charge in [-0.15, -0.1) is 11.3 Å². The van der Waals surface area contributed by atoms with Crippen LogP contribution in [0.15, 0.2) is 48.0 Å². The predicted octanol–water partition coefficient (Wildman–Crippen LogP) is 3.86. The lowest BCUT2D eigenvalue weighted by molar-refractivity contribution is -0.121. The van der Waals surface area contributed by atoms with Crippen molar-refractivity contribution in [3.63, 3.8) is 0 Å². The fourth-order valence-electron chi connectivity index (χ4n) is 4.23. The summed E-state index contributed by atoms with van der Waals surface area (Å²) in [5.41, 5.74) is 0.605. The van der Waals surface area contributed by atoms with Crippen molar-refractivity contribution in [1.82, 2.24) is 4.90 Å². The van der Waals surface area contributed by atoms with Gasteiger partial charge in [-0.2, -0.15) is 10.5 Å². The number of carbonyl (C=O) groups excluding carboxylic acids is 1. The Kier molecular flexibility index (Phi) is 3.49. The Balaban J connectivity index is 2.02. The summed E-state index contributed by atoms with van der Waals surface area (Å²) >= 11 is 1.50. The minimum atomic E-state index is -1.32. The minimum Gasteiger partial charge on any atom is -0.357 e. The third kappa shape index (κ3) is 2.00. The van der Waals surface area contributed by atoms with Gasteiger partial charge in [0.25, 0.3) is 0 Å². The highest BCUT2D eigenvalue weighted by molar-refractivity contribution is 7.10. The molecule has 4 rings (SSSR count). The van der Waals surface area contributed by atoms with Gasteiger partial charge in [0.05, 0.1) is 30.1 Å². The summed E-state index contributed by atoms with van der Waals surface area (Å²) in [4.78, 5) is 15.4. The molecule has 0 unspecified atom stereocenters. The van der Waals surface area contributed by atoms with E-state index >= 15 is 0 Å². The van der Waals surface area contributed by atoms with Gasteiger partial charge in [0.1, 0.15) is 0 Å². The molecule has 122 valence electrons. The van der Waals surface area contributed by atoms with Gasteiger partial charge < -0.3 is 4.90 Å². The summed E-state index contributed by atoms with van der Waals surface area (Å²) in [5, 5.41) is 22.2. The summed E-state index contributed by atoms with van der Waals surface area (Å²) in [6, 6.07) is 15.2. The molecule has 0 bridgehead atoms. The zero-order valence-electron chi connectivity index (χ0n) is 13.6.